The Balaban J connectivity index is 1.45. The minimum atomic E-state index is -0.291. The summed E-state index contributed by atoms with van der Waals surface area (Å²) >= 11 is 1.39. The van der Waals surface area contributed by atoms with Crippen LogP contribution in [0.3, 0.4) is 0 Å². The van der Waals surface area contributed by atoms with Crippen molar-refractivity contribution in [2.45, 2.75) is 33.7 Å². The maximum absolute atomic E-state index is 13.2. The van der Waals surface area contributed by atoms with Gasteiger partial charge in [0.15, 0.2) is 0 Å². The number of aryl methyl sites for hydroxylation is 4. The minimum absolute atomic E-state index is 0.0929. The summed E-state index contributed by atoms with van der Waals surface area (Å²) in [5, 5.41) is 12.9. The number of nitrogens with zero attached hydrogens (tertiary/aromatic N) is 4. The Morgan fingerprint density at radius 1 is 1.14 bits per heavy atom. The van der Waals surface area contributed by atoms with Crippen LogP contribution in [0.5, 0.6) is 0 Å². The largest absolute Gasteiger partial charge is 0.351 e. The van der Waals surface area contributed by atoms with E-state index < -0.39 is 0 Å². The molecule has 8 heteroatoms. The van der Waals surface area contributed by atoms with Crippen molar-refractivity contribution in [3.63, 3.8) is 0 Å². The van der Waals surface area contributed by atoms with Crippen molar-refractivity contribution in [3.05, 3.63) is 64.2 Å². The molecule has 0 bridgehead atoms. The van der Waals surface area contributed by atoms with Gasteiger partial charge in [-0.05, 0) is 63.6 Å². The zero-order chi connectivity index (χ0) is 20.5. The van der Waals surface area contributed by atoms with Crippen molar-refractivity contribution in [1.82, 2.24) is 24.9 Å². The highest BCUT2D eigenvalue weighted by Crippen LogP contribution is 2.30. The second-order valence-corrected chi connectivity index (χ2v) is 8.09. The van der Waals surface area contributed by atoms with Crippen molar-refractivity contribution in [3.8, 4) is 5.69 Å². The van der Waals surface area contributed by atoms with E-state index in [9.17, 15) is 9.18 Å². The molecule has 1 N–H and O–H groups in total. The molecule has 0 atom stereocenters. The number of halogens is 1. The van der Waals surface area contributed by atoms with Gasteiger partial charge in [0.25, 0.3) is 5.91 Å². The van der Waals surface area contributed by atoms with E-state index in [1.807, 2.05) is 37.6 Å². The molecule has 4 aromatic rings. The smallest absolute Gasteiger partial charge is 0.261 e. The van der Waals surface area contributed by atoms with E-state index in [1.54, 1.807) is 16.8 Å². The van der Waals surface area contributed by atoms with Crippen LogP contribution in [0.15, 0.2) is 36.4 Å². The van der Waals surface area contributed by atoms with Crippen LogP contribution in [-0.4, -0.2) is 32.0 Å². The Bertz CT molecular complexity index is 1170. The van der Waals surface area contributed by atoms with Crippen molar-refractivity contribution in [2.75, 3.05) is 6.54 Å². The van der Waals surface area contributed by atoms with Gasteiger partial charge in [-0.15, -0.1) is 11.3 Å². The van der Waals surface area contributed by atoms with E-state index in [0.29, 0.717) is 11.4 Å². The van der Waals surface area contributed by atoms with Crippen LogP contribution in [-0.2, 0) is 6.54 Å². The molecule has 0 aliphatic heterocycles. The van der Waals surface area contributed by atoms with Crippen molar-refractivity contribution >= 4 is 27.5 Å². The summed E-state index contributed by atoms with van der Waals surface area (Å²) in [6.45, 7) is 7.26. The second kappa shape index (κ2) is 7.79. The number of hydrogen-bond acceptors (Lipinski definition) is 4. The van der Waals surface area contributed by atoms with Crippen LogP contribution in [0, 0.1) is 26.6 Å². The molecule has 0 spiro atoms. The van der Waals surface area contributed by atoms with Crippen molar-refractivity contribution in [2.24, 2.45) is 0 Å². The number of nitrogens with one attached hydrogen (secondary N) is 1. The van der Waals surface area contributed by atoms with E-state index in [-0.39, 0.29) is 11.7 Å². The highest BCUT2D eigenvalue weighted by molar-refractivity contribution is 7.20. The van der Waals surface area contributed by atoms with Gasteiger partial charge in [-0.1, -0.05) is 0 Å². The molecular formula is C21H22FN5OS. The molecule has 150 valence electrons. The van der Waals surface area contributed by atoms with E-state index >= 15 is 0 Å². The van der Waals surface area contributed by atoms with Crippen molar-refractivity contribution in [1.29, 1.82) is 0 Å². The summed E-state index contributed by atoms with van der Waals surface area (Å²) in [5.74, 6) is -0.384. The Labute approximate surface area is 172 Å². The van der Waals surface area contributed by atoms with Crippen LogP contribution in [0.25, 0.3) is 15.9 Å². The van der Waals surface area contributed by atoms with Crippen LogP contribution < -0.4 is 5.32 Å². The maximum Gasteiger partial charge on any atom is 0.261 e. The topological polar surface area (TPSA) is 64.7 Å². The number of amides is 1. The van der Waals surface area contributed by atoms with E-state index in [0.717, 1.165) is 46.0 Å². The van der Waals surface area contributed by atoms with Crippen LogP contribution >= 0.6 is 11.3 Å². The Morgan fingerprint density at radius 3 is 2.59 bits per heavy atom. The number of carbonyl (C=O) groups is 1. The fraction of sp³-hybridized carbons (Fsp3) is 0.286. The molecule has 0 saturated carbocycles. The van der Waals surface area contributed by atoms with Gasteiger partial charge in [0.05, 0.1) is 22.0 Å². The quantitative estimate of drug-likeness (QED) is 0.485. The molecule has 0 radical (unpaired) electrons. The molecule has 0 unspecified atom stereocenters. The fourth-order valence-corrected chi connectivity index (χ4v) is 4.43. The van der Waals surface area contributed by atoms with E-state index in [1.165, 1.54) is 23.5 Å². The van der Waals surface area contributed by atoms with Gasteiger partial charge in [-0.3, -0.25) is 9.48 Å². The number of rotatable bonds is 6. The van der Waals surface area contributed by atoms with Gasteiger partial charge in [0.2, 0.25) is 0 Å². The molecule has 1 amide bonds. The molecule has 0 aliphatic rings. The second-order valence-electron chi connectivity index (χ2n) is 7.06. The first-order valence-corrected chi connectivity index (χ1v) is 10.3. The van der Waals surface area contributed by atoms with Gasteiger partial charge in [0, 0.05) is 24.2 Å². The van der Waals surface area contributed by atoms with Gasteiger partial charge < -0.3 is 5.32 Å². The molecule has 0 saturated heterocycles. The summed E-state index contributed by atoms with van der Waals surface area (Å²) < 4.78 is 16.9. The molecule has 0 aliphatic carbocycles. The molecule has 4 rings (SSSR count). The molecule has 29 heavy (non-hydrogen) atoms. The summed E-state index contributed by atoms with van der Waals surface area (Å²) in [5.41, 5.74) is 3.73. The number of fused-ring (bicyclic) bond motifs is 1. The fourth-order valence-electron chi connectivity index (χ4n) is 3.34. The summed E-state index contributed by atoms with van der Waals surface area (Å²) in [4.78, 5) is 14.1. The van der Waals surface area contributed by atoms with Crippen LogP contribution in [0.1, 0.15) is 33.2 Å². The first-order chi connectivity index (χ1) is 13.9. The lowest BCUT2D eigenvalue weighted by atomic mass is 10.3. The van der Waals surface area contributed by atoms with Crippen molar-refractivity contribution < 1.29 is 9.18 Å². The molecule has 3 aromatic heterocycles. The Hall–Kier alpha value is -3.00. The molecule has 1 aromatic carbocycles. The first kappa shape index (κ1) is 19.3. The van der Waals surface area contributed by atoms with E-state index in [4.69, 9.17) is 0 Å². The molecule has 0 fully saturated rings. The third kappa shape index (κ3) is 3.93. The zero-order valence-electron chi connectivity index (χ0n) is 16.6. The Kier molecular flexibility index (Phi) is 5.19. The minimum Gasteiger partial charge on any atom is -0.351 e. The zero-order valence-corrected chi connectivity index (χ0v) is 17.4. The number of thiophene rings is 1. The normalized spacial score (nSPS) is 11.3. The van der Waals surface area contributed by atoms with Crippen LogP contribution in [0.4, 0.5) is 4.39 Å². The highest BCUT2D eigenvalue weighted by Gasteiger charge is 2.17. The van der Waals surface area contributed by atoms with Gasteiger partial charge >= 0.3 is 0 Å². The predicted octanol–water partition coefficient (Wildman–Crippen LogP) is 4.17. The lowest BCUT2D eigenvalue weighted by Crippen LogP contribution is -2.24. The Morgan fingerprint density at radius 2 is 1.90 bits per heavy atom. The maximum atomic E-state index is 13.2. The van der Waals surface area contributed by atoms with Gasteiger partial charge in [0.1, 0.15) is 10.6 Å². The lowest BCUT2D eigenvalue weighted by molar-refractivity contribution is 0.0956. The third-order valence-electron chi connectivity index (χ3n) is 4.78. The standard InChI is InChI=1S/C21H22FN5OS/c1-13-11-14(2)26(24-13)10-4-9-23-20(28)19-12-18-15(3)25-27(21(18)29-19)17-7-5-16(22)6-8-17/h5-8,11-12H,4,9-10H2,1-3H3,(H,23,28). The number of carbonyl (C=O) groups excluding carboxylic acids is 1. The summed E-state index contributed by atoms with van der Waals surface area (Å²) in [7, 11) is 0. The summed E-state index contributed by atoms with van der Waals surface area (Å²) in [6.07, 6.45) is 0.807. The molecule has 6 nitrogen and oxygen atoms in total. The molecular weight excluding hydrogens is 389 g/mol. The lowest BCUT2D eigenvalue weighted by Gasteiger charge is -2.06. The molecule has 3 heterocycles. The highest BCUT2D eigenvalue weighted by atomic mass is 32.1. The third-order valence-corrected chi connectivity index (χ3v) is 5.88. The SMILES string of the molecule is Cc1cc(C)n(CCCNC(=O)c2cc3c(C)nn(-c4ccc(F)cc4)c3s2)n1. The van der Waals surface area contributed by atoms with Gasteiger partial charge in [-0.2, -0.15) is 10.2 Å². The number of aromatic nitrogens is 4. The number of hydrogen-bond donors (Lipinski definition) is 1. The van der Waals surface area contributed by atoms with Crippen LogP contribution in [0.2, 0.25) is 0 Å². The average molecular weight is 412 g/mol. The predicted molar refractivity (Wildman–Crippen MR) is 112 cm³/mol. The monoisotopic (exact) mass is 411 g/mol. The number of benzene rings is 1. The van der Waals surface area contributed by atoms with E-state index in [2.05, 4.69) is 15.5 Å². The van der Waals surface area contributed by atoms with Gasteiger partial charge in [-0.25, -0.2) is 9.07 Å². The summed E-state index contributed by atoms with van der Waals surface area (Å²) in [6, 6.07) is 10.1. The first-order valence-electron chi connectivity index (χ1n) is 9.47. The average Bonchev–Trinajstić information content (AvgIpc) is 3.34.